The SMILES string of the molecule is CN1CC[C@@H](Oc2ccc(Cl)cc2)[C@@H](c2ccccc2)C1. The molecule has 0 aliphatic carbocycles. The second kappa shape index (κ2) is 6.50. The molecule has 1 aliphatic heterocycles. The lowest BCUT2D eigenvalue weighted by Crippen LogP contribution is -2.42. The molecule has 1 fully saturated rings. The Morgan fingerprint density at radius 1 is 1.05 bits per heavy atom. The minimum absolute atomic E-state index is 0.213. The van der Waals surface area contributed by atoms with E-state index in [1.807, 2.05) is 24.3 Å². The highest BCUT2D eigenvalue weighted by atomic mass is 35.5. The van der Waals surface area contributed by atoms with Crippen molar-refractivity contribution < 1.29 is 4.74 Å². The standard InChI is InChI=1S/C18H20ClNO/c1-20-12-11-18(21-16-9-7-15(19)8-10-16)17(13-20)14-5-3-2-4-6-14/h2-10,17-18H,11-13H2,1H3/t17-,18-/m1/s1. The summed E-state index contributed by atoms with van der Waals surface area (Å²) in [4.78, 5) is 2.37. The number of ether oxygens (including phenoxy) is 1. The van der Waals surface area contributed by atoms with Gasteiger partial charge in [0, 0.05) is 24.0 Å². The van der Waals surface area contributed by atoms with Gasteiger partial charge in [-0.25, -0.2) is 0 Å². The van der Waals surface area contributed by atoms with E-state index in [1.54, 1.807) is 0 Å². The fourth-order valence-corrected chi connectivity index (χ4v) is 3.07. The third-order valence-electron chi connectivity index (χ3n) is 4.08. The van der Waals surface area contributed by atoms with Crippen LogP contribution in [0.2, 0.25) is 5.02 Å². The van der Waals surface area contributed by atoms with Crippen LogP contribution in [-0.4, -0.2) is 31.1 Å². The summed E-state index contributed by atoms with van der Waals surface area (Å²) < 4.78 is 6.24. The molecule has 0 amide bonds. The summed E-state index contributed by atoms with van der Waals surface area (Å²) >= 11 is 5.94. The highest BCUT2D eigenvalue weighted by Crippen LogP contribution is 2.30. The topological polar surface area (TPSA) is 12.5 Å². The monoisotopic (exact) mass is 301 g/mol. The van der Waals surface area contributed by atoms with Crippen LogP contribution < -0.4 is 4.74 Å². The quantitative estimate of drug-likeness (QED) is 0.842. The number of likely N-dealkylation sites (N-methyl/N-ethyl adjacent to an activating group) is 1. The van der Waals surface area contributed by atoms with Crippen LogP contribution in [0, 0.1) is 0 Å². The molecule has 1 aliphatic rings. The lowest BCUT2D eigenvalue weighted by Gasteiger charge is -2.37. The molecule has 1 saturated heterocycles. The van der Waals surface area contributed by atoms with Crippen LogP contribution in [0.5, 0.6) is 5.75 Å². The molecule has 2 aromatic carbocycles. The maximum absolute atomic E-state index is 6.24. The first-order valence-electron chi connectivity index (χ1n) is 7.38. The summed E-state index contributed by atoms with van der Waals surface area (Å²) in [5.41, 5.74) is 1.35. The first kappa shape index (κ1) is 14.4. The number of hydrogen-bond acceptors (Lipinski definition) is 2. The van der Waals surface area contributed by atoms with Gasteiger partial charge in [0.25, 0.3) is 0 Å². The summed E-state index contributed by atoms with van der Waals surface area (Å²) in [7, 11) is 2.18. The molecule has 2 aromatic rings. The van der Waals surface area contributed by atoms with E-state index in [4.69, 9.17) is 16.3 Å². The summed E-state index contributed by atoms with van der Waals surface area (Å²) in [5, 5.41) is 0.741. The molecule has 0 saturated carbocycles. The summed E-state index contributed by atoms with van der Waals surface area (Å²) in [6.45, 7) is 2.10. The van der Waals surface area contributed by atoms with Crippen LogP contribution >= 0.6 is 11.6 Å². The zero-order chi connectivity index (χ0) is 14.7. The molecule has 0 unspecified atom stereocenters. The van der Waals surface area contributed by atoms with Crippen molar-refractivity contribution >= 4 is 11.6 Å². The van der Waals surface area contributed by atoms with Crippen LogP contribution in [0.4, 0.5) is 0 Å². The second-order valence-electron chi connectivity index (χ2n) is 5.68. The lowest BCUT2D eigenvalue weighted by molar-refractivity contribution is 0.0902. The minimum Gasteiger partial charge on any atom is -0.490 e. The van der Waals surface area contributed by atoms with Crippen molar-refractivity contribution in [2.75, 3.05) is 20.1 Å². The molecular weight excluding hydrogens is 282 g/mol. The molecule has 110 valence electrons. The van der Waals surface area contributed by atoms with E-state index in [0.717, 1.165) is 30.3 Å². The molecule has 0 radical (unpaired) electrons. The lowest BCUT2D eigenvalue weighted by atomic mass is 9.88. The molecule has 1 heterocycles. The second-order valence-corrected chi connectivity index (χ2v) is 6.11. The van der Waals surface area contributed by atoms with Gasteiger partial charge in [0.1, 0.15) is 11.9 Å². The van der Waals surface area contributed by atoms with Gasteiger partial charge < -0.3 is 9.64 Å². The van der Waals surface area contributed by atoms with Crippen LogP contribution in [0.25, 0.3) is 0 Å². The van der Waals surface area contributed by atoms with Crippen LogP contribution in [0.15, 0.2) is 54.6 Å². The smallest absolute Gasteiger partial charge is 0.119 e. The number of nitrogens with zero attached hydrogens (tertiary/aromatic N) is 1. The predicted octanol–water partition coefficient (Wildman–Crippen LogP) is 4.21. The van der Waals surface area contributed by atoms with E-state index >= 15 is 0 Å². The van der Waals surface area contributed by atoms with Gasteiger partial charge >= 0.3 is 0 Å². The average Bonchev–Trinajstić information content (AvgIpc) is 2.52. The summed E-state index contributed by atoms with van der Waals surface area (Å²) in [6, 6.07) is 18.3. The van der Waals surface area contributed by atoms with Crippen LogP contribution in [0.3, 0.4) is 0 Å². The predicted molar refractivity (Wildman–Crippen MR) is 87.2 cm³/mol. The number of rotatable bonds is 3. The van der Waals surface area contributed by atoms with Crippen molar-refractivity contribution in [3.8, 4) is 5.75 Å². The van der Waals surface area contributed by atoms with Gasteiger partial charge in [0.2, 0.25) is 0 Å². The Morgan fingerprint density at radius 2 is 1.76 bits per heavy atom. The van der Waals surface area contributed by atoms with Crippen molar-refractivity contribution in [2.24, 2.45) is 0 Å². The molecule has 21 heavy (non-hydrogen) atoms. The third kappa shape index (κ3) is 3.58. The van der Waals surface area contributed by atoms with Gasteiger partial charge in [-0.05, 0) is 43.3 Å². The Balaban J connectivity index is 1.79. The molecule has 3 heteroatoms. The Hall–Kier alpha value is -1.51. The van der Waals surface area contributed by atoms with Gasteiger partial charge in [-0.3, -0.25) is 0 Å². The van der Waals surface area contributed by atoms with E-state index < -0.39 is 0 Å². The Kier molecular flexibility index (Phi) is 4.47. The largest absolute Gasteiger partial charge is 0.490 e. The number of halogens is 1. The summed E-state index contributed by atoms with van der Waals surface area (Å²) in [6.07, 6.45) is 1.25. The van der Waals surface area contributed by atoms with E-state index in [0.29, 0.717) is 5.92 Å². The van der Waals surface area contributed by atoms with Crippen molar-refractivity contribution in [3.63, 3.8) is 0 Å². The first-order chi connectivity index (χ1) is 10.2. The van der Waals surface area contributed by atoms with Crippen molar-refractivity contribution in [1.29, 1.82) is 0 Å². The van der Waals surface area contributed by atoms with Gasteiger partial charge in [-0.1, -0.05) is 41.9 Å². The molecule has 0 aromatic heterocycles. The first-order valence-corrected chi connectivity index (χ1v) is 7.76. The number of likely N-dealkylation sites (tertiary alicyclic amines) is 1. The number of hydrogen-bond donors (Lipinski definition) is 0. The average molecular weight is 302 g/mol. The maximum Gasteiger partial charge on any atom is 0.119 e. The number of piperidine rings is 1. The fourth-order valence-electron chi connectivity index (χ4n) is 2.94. The Morgan fingerprint density at radius 3 is 2.48 bits per heavy atom. The molecule has 2 nitrogen and oxygen atoms in total. The molecule has 3 rings (SSSR count). The van der Waals surface area contributed by atoms with E-state index in [2.05, 4.69) is 42.3 Å². The molecule has 0 spiro atoms. The third-order valence-corrected chi connectivity index (χ3v) is 4.33. The van der Waals surface area contributed by atoms with Crippen molar-refractivity contribution in [3.05, 3.63) is 65.2 Å². The zero-order valence-electron chi connectivity index (χ0n) is 12.2. The Bertz CT molecular complexity index is 570. The van der Waals surface area contributed by atoms with Gasteiger partial charge in [0.15, 0.2) is 0 Å². The molecule has 2 atom stereocenters. The zero-order valence-corrected chi connectivity index (χ0v) is 13.0. The Labute approximate surface area is 131 Å². The van der Waals surface area contributed by atoms with Crippen LogP contribution in [0.1, 0.15) is 17.9 Å². The van der Waals surface area contributed by atoms with Gasteiger partial charge in [-0.2, -0.15) is 0 Å². The summed E-state index contributed by atoms with van der Waals surface area (Å²) in [5.74, 6) is 1.30. The van der Waals surface area contributed by atoms with Crippen LogP contribution in [-0.2, 0) is 0 Å². The molecule has 0 N–H and O–H groups in total. The van der Waals surface area contributed by atoms with E-state index in [1.165, 1.54) is 5.56 Å². The van der Waals surface area contributed by atoms with E-state index in [9.17, 15) is 0 Å². The molecule has 0 bridgehead atoms. The highest BCUT2D eigenvalue weighted by Gasteiger charge is 2.30. The minimum atomic E-state index is 0.213. The number of benzene rings is 2. The normalized spacial score (nSPS) is 23.0. The highest BCUT2D eigenvalue weighted by molar-refractivity contribution is 6.30. The van der Waals surface area contributed by atoms with Gasteiger partial charge in [0.05, 0.1) is 0 Å². The van der Waals surface area contributed by atoms with Crippen molar-refractivity contribution in [2.45, 2.75) is 18.4 Å². The fraction of sp³-hybridized carbons (Fsp3) is 0.333. The van der Waals surface area contributed by atoms with E-state index in [-0.39, 0.29) is 6.10 Å². The van der Waals surface area contributed by atoms with Gasteiger partial charge in [-0.15, -0.1) is 0 Å². The maximum atomic E-state index is 6.24. The van der Waals surface area contributed by atoms with Crippen molar-refractivity contribution in [1.82, 2.24) is 4.90 Å². The molecular formula is C18H20ClNO.